The first-order chi connectivity index (χ1) is 10.8. The Bertz CT molecular complexity index is 663. The molecular weight excluding hydrogens is 316 g/mol. The highest BCUT2D eigenvalue weighted by Crippen LogP contribution is 2.14. The maximum absolute atomic E-state index is 11.8. The van der Waals surface area contributed by atoms with Crippen molar-refractivity contribution in [3.05, 3.63) is 35.3 Å². The lowest BCUT2D eigenvalue weighted by atomic mass is 10.1. The van der Waals surface area contributed by atoms with Crippen LogP contribution >= 0.6 is 11.3 Å². The normalized spacial score (nSPS) is 10.9. The highest BCUT2D eigenvalue weighted by molar-refractivity contribution is 7.13. The SMILES string of the molecule is CC(C)(C)OC(=O)Nc1ccc(CC(=O)Nc2nncs2)cc1. The third-order valence-electron chi connectivity index (χ3n) is 2.57. The van der Waals surface area contributed by atoms with Crippen LogP contribution in [0.25, 0.3) is 0 Å². The molecule has 0 atom stereocenters. The molecule has 0 spiro atoms. The van der Waals surface area contributed by atoms with Gasteiger partial charge < -0.3 is 10.1 Å². The van der Waals surface area contributed by atoms with Crippen molar-refractivity contribution in [1.29, 1.82) is 0 Å². The third kappa shape index (κ3) is 6.03. The zero-order chi connectivity index (χ0) is 16.9. The average Bonchev–Trinajstić information content (AvgIpc) is 2.91. The van der Waals surface area contributed by atoms with Gasteiger partial charge in [0.1, 0.15) is 11.1 Å². The van der Waals surface area contributed by atoms with Crippen molar-refractivity contribution in [2.45, 2.75) is 32.8 Å². The smallest absolute Gasteiger partial charge is 0.412 e. The maximum atomic E-state index is 11.8. The van der Waals surface area contributed by atoms with Gasteiger partial charge in [-0.3, -0.25) is 10.1 Å². The maximum Gasteiger partial charge on any atom is 0.412 e. The van der Waals surface area contributed by atoms with Crippen molar-refractivity contribution in [2.75, 3.05) is 10.6 Å². The number of amides is 2. The molecule has 2 aromatic rings. The van der Waals surface area contributed by atoms with Crippen molar-refractivity contribution >= 4 is 34.2 Å². The van der Waals surface area contributed by atoms with Crippen molar-refractivity contribution < 1.29 is 14.3 Å². The third-order valence-corrected chi connectivity index (χ3v) is 3.18. The lowest BCUT2D eigenvalue weighted by molar-refractivity contribution is -0.115. The molecule has 2 rings (SSSR count). The molecule has 0 unspecified atom stereocenters. The lowest BCUT2D eigenvalue weighted by Gasteiger charge is -2.19. The summed E-state index contributed by atoms with van der Waals surface area (Å²) in [4.78, 5) is 23.5. The van der Waals surface area contributed by atoms with Gasteiger partial charge in [0.2, 0.25) is 11.0 Å². The minimum Gasteiger partial charge on any atom is -0.444 e. The first-order valence-corrected chi connectivity index (χ1v) is 7.85. The molecule has 0 fully saturated rings. The number of benzene rings is 1. The summed E-state index contributed by atoms with van der Waals surface area (Å²) < 4.78 is 5.17. The molecule has 0 aliphatic rings. The number of carbonyl (C=O) groups excluding carboxylic acids is 2. The first-order valence-electron chi connectivity index (χ1n) is 6.97. The van der Waals surface area contributed by atoms with Crippen LogP contribution < -0.4 is 10.6 Å². The number of nitrogens with zero attached hydrogens (tertiary/aromatic N) is 2. The Hall–Kier alpha value is -2.48. The Balaban J connectivity index is 1.86. The fraction of sp³-hybridized carbons (Fsp3) is 0.333. The predicted molar refractivity (Wildman–Crippen MR) is 88.5 cm³/mol. The summed E-state index contributed by atoms with van der Waals surface area (Å²) in [6.45, 7) is 5.39. The fourth-order valence-corrected chi connectivity index (χ4v) is 2.16. The quantitative estimate of drug-likeness (QED) is 0.896. The molecule has 0 saturated heterocycles. The van der Waals surface area contributed by atoms with Crippen LogP contribution in [0.15, 0.2) is 29.8 Å². The Labute approximate surface area is 138 Å². The van der Waals surface area contributed by atoms with Gasteiger partial charge in [0, 0.05) is 5.69 Å². The van der Waals surface area contributed by atoms with Crippen molar-refractivity contribution in [1.82, 2.24) is 10.2 Å². The van der Waals surface area contributed by atoms with E-state index in [4.69, 9.17) is 4.74 Å². The Morgan fingerprint density at radius 3 is 2.43 bits per heavy atom. The lowest BCUT2D eigenvalue weighted by Crippen LogP contribution is -2.27. The second kappa shape index (κ2) is 7.19. The van der Waals surface area contributed by atoms with Gasteiger partial charge in [0.25, 0.3) is 0 Å². The van der Waals surface area contributed by atoms with E-state index in [9.17, 15) is 9.59 Å². The van der Waals surface area contributed by atoms with Crippen LogP contribution in [0.2, 0.25) is 0 Å². The monoisotopic (exact) mass is 334 g/mol. The summed E-state index contributed by atoms with van der Waals surface area (Å²) in [6.07, 6.45) is -0.300. The Morgan fingerprint density at radius 2 is 1.87 bits per heavy atom. The largest absolute Gasteiger partial charge is 0.444 e. The topological polar surface area (TPSA) is 93.2 Å². The van der Waals surface area contributed by atoms with Crippen molar-refractivity contribution in [3.8, 4) is 0 Å². The van der Waals surface area contributed by atoms with E-state index < -0.39 is 11.7 Å². The Morgan fingerprint density at radius 1 is 1.17 bits per heavy atom. The molecule has 1 heterocycles. The number of ether oxygens (including phenoxy) is 1. The van der Waals surface area contributed by atoms with E-state index in [-0.39, 0.29) is 12.3 Å². The number of hydrogen-bond donors (Lipinski definition) is 2. The van der Waals surface area contributed by atoms with E-state index in [2.05, 4.69) is 20.8 Å². The molecule has 122 valence electrons. The van der Waals surface area contributed by atoms with Gasteiger partial charge in [-0.2, -0.15) is 0 Å². The summed E-state index contributed by atoms with van der Waals surface area (Å²) >= 11 is 1.26. The number of rotatable bonds is 4. The number of aromatic nitrogens is 2. The van der Waals surface area contributed by atoms with Gasteiger partial charge in [-0.05, 0) is 38.5 Å². The summed E-state index contributed by atoms with van der Waals surface area (Å²) in [5.41, 5.74) is 2.42. The van der Waals surface area contributed by atoms with Gasteiger partial charge in [-0.1, -0.05) is 23.5 Å². The van der Waals surface area contributed by atoms with Gasteiger partial charge in [0.15, 0.2) is 0 Å². The van der Waals surface area contributed by atoms with E-state index >= 15 is 0 Å². The molecular formula is C15H18N4O3S. The molecule has 7 nitrogen and oxygen atoms in total. The summed E-state index contributed by atoms with van der Waals surface area (Å²) in [5.74, 6) is -0.172. The van der Waals surface area contributed by atoms with Gasteiger partial charge in [-0.15, -0.1) is 10.2 Å². The van der Waals surface area contributed by atoms with E-state index in [1.54, 1.807) is 50.5 Å². The Kier molecular flexibility index (Phi) is 5.28. The summed E-state index contributed by atoms with van der Waals surface area (Å²) in [6, 6.07) is 6.98. The molecule has 1 aromatic carbocycles. The van der Waals surface area contributed by atoms with E-state index in [1.165, 1.54) is 11.3 Å². The van der Waals surface area contributed by atoms with Crippen molar-refractivity contribution in [2.24, 2.45) is 0 Å². The van der Waals surface area contributed by atoms with Crippen LogP contribution in [0, 0.1) is 0 Å². The van der Waals surface area contributed by atoms with Gasteiger partial charge >= 0.3 is 6.09 Å². The number of nitrogens with one attached hydrogen (secondary N) is 2. The zero-order valence-electron chi connectivity index (χ0n) is 13.1. The molecule has 2 amide bonds. The standard InChI is InChI=1S/C15H18N4O3S/c1-15(2,3)22-14(21)17-11-6-4-10(5-7-11)8-12(20)18-13-19-16-9-23-13/h4-7,9H,8H2,1-3H3,(H,17,21)(H,18,19,20). The molecule has 0 bridgehead atoms. The number of carbonyl (C=O) groups is 2. The molecule has 0 aliphatic heterocycles. The summed E-state index contributed by atoms with van der Waals surface area (Å²) in [7, 11) is 0. The van der Waals surface area contributed by atoms with E-state index in [0.717, 1.165) is 5.56 Å². The van der Waals surface area contributed by atoms with Crippen LogP contribution in [-0.2, 0) is 16.0 Å². The van der Waals surface area contributed by atoms with Crippen LogP contribution in [0.4, 0.5) is 15.6 Å². The highest BCUT2D eigenvalue weighted by Gasteiger charge is 2.16. The fourth-order valence-electron chi connectivity index (χ4n) is 1.70. The molecule has 0 radical (unpaired) electrons. The molecule has 0 saturated carbocycles. The zero-order valence-corrected chi connectivity index (χ0v) is 13.9. The highest BCUT2D eigenvalue weighted by atomic mass is 32.1. The molecule has 0 aliphatic carbocycles. The molecule has 2 N–H and O–H groups in total. The van der Waals surface area contributed by atoms with Gasteiger partial charge in [-0.25, -0.2) is 4.79 Å². The molecule has 8 heteroatoms. The van der Waals surface area contributed by atoms with Crippen LogP contribution in [-0.4, -0.2) is 27.8 Å². The minimum absolute atomic E-state index is 0.172. The second-order valence-electron chi connectivity index (χ2n) is 5.79. The minimum atomic E-state index is -0.549. The van der Waals surface area contributed by atoms with Gasteiger partial charge in [0.05, 0.1) is 6.42 Å². The van der Waals surface area contributed by atoms with Crippen LogP contribution in [0.3, 0.4) is 0 Å². The average molecular weight is 334 g/mol. The number of hydrogen-bond acceptors (Lipinski definition) is 6. The number of anilines is 2. The molecule has 1 aromatic heterocycles. The van der Waals surface area contributed by atoms with Crippen molar-refractivity contribution in [3.63, 3.8) is 0 Å². The van der Waals surface area contributed by atoms with E-state index in [1.807, 2.05) is 0 Å². The van der Waals surface area contributed by atoms with Crippen LogP contribution in [0.5, 0.6) is 0 Å². The second-order valence-corrected chi connectivity index (χ2v) is 6.63. The first kappa shape index (κ1) is 16.9. The van der Waals surface area contributed by atoms with Crippen LogP contribution in [0.1, 0.15) is 26.3 Å². The molecule has 23 heavy (non-hydrogen) atoms. The summed E-state index contributed by atoms with van der Waals surface area (Å²) in [5, 5.41) is 13.2. The predicted octanol–water partition coefficient (Wildman–Crippen LogP) is 3.07. The van der Waals surface area contributed by atoms with E-state index in [0.29, 0.717) is 10.8 Å².